The molecule has 0 amide bonds. The Morgan fingerprint density at radius 2 is 1.74 bits per heavy atom. The van der Waals surface area contributed by atoms with Crippen LogP contribution in [0.15, 0.2) is 30.3 Å². The van der Waals surface area contributed by atoms with Gasteiger partial charge in [0.1, 0.15) is 0 Å². The molecule has 23 heavy (non-hydrogen) atoms. The van der Waals surface area contributed by atoms with Crippen LogP contribution >= 0.6 is 0 Å². The number of hydrogen-bond acceptors (Lipinski definition) is 2. The minimum Gasteiger partial charge on any atom is -0.166 e. The molecule has 2 saturated carbocycles. The first-order valence-corrected chi connectivity index (χ1v) is 8.05. The second kappa shape index (κ2) is 4.13. The Bertz CT molecular complexity index is 808. The van der Waals surface area contributed by atoms with Crippen molar-refractivity contribution in [2.24, 2.45) is 5.41 Å². The third kappa shape index (κ3) is 1.71. The van der Waals surface area contributed by atoms with Crippen LogP contribution in [0.25, 0.3) is 11.3 Å². The molecule has 1 spiro atoms. The van der Waals surface area contributed by atoms with Gasteiger partial charge in [-0.3, -0.25) is 0 Å². The molecule has 1 aromatic carbocycles. The Morgan fingerprint density at radius 3 is 2.48 bits per heavy atom. The monoisotopic (exact) mass is 316 g/mol. The number of alkyl halides is 3. The Morgan fingerprint density at radius 1 is 1.00 bits per heavy atom. The van der Waals surface area contributed by atoms with E-state index in [4.69, 9.17) is 0 Å². The lowest BCUT2D eigenvalue weighted by molar-refractivity contribution is -0.137. The van der Waals surface area contributed by atoms with Crippen molar-refractivity contribution in [3.63, 3.8) is 0 Å². The SMILES string of the molecule is FC(F)(F)c1ccccc1-c1cc2c(nn1)[C@@H]1CC[C@H]2C12CC2. The van der Waals surface area contributed by atoms with Gasteiger partial charge in [-0.2, -0.15) is 23.4 Å². The summed E-state index contributed by atoms with van der Waals surface area (Å²) in [6.45, 7) is 0. The second-order valence-corrected chi connectivity index (χ2v) is 7.03. The highest BCUT2D eigenvalue weighted by atomic mass is 19.4. The molecule has 0 N–H and O–H groups in total. The maximum Gasteiger partial charge on any atom is 0.417 e. The molecule has 0 unspecified atom stereocenters. The third-order valence-electron chi connectivity index (χ3n) is 6.03. The van der Waals surface area contributed by atoms with E-state index in [1.165, 1.54) is 25.0 Å². The van der Waals surface area contributed by atoms with E-state index in [-0.39, 0.29) is 5.56 Å². The maximum absolute atomic E-state index is 13.2. The minimum atomic E-state index is -4.38. The van der Waals surface area contributed by atoms with Crippen LogP contribution in [0.5, 0.6) is 0 Å². The lowest BCUT2D eigenvalue weighted by Gasteiger charge is -2.16. The zero-order valence-electron chi connectivity index (χ0n) is 12.4. The number of fused-ring (bicyclic) bond motifs is 3. The van der Waals surface area contributed by atoms with Crippen LogP contribution in [-0.2, 0) is 6.18 Å². The molecule has 2 nitrogen and oxygen atoms in total. The molecule has 0 aliphatic heterocycles. The average Bonchev–Trinajstić information content (AvgIpc) is 3.19. The predicted octanol–water partition coefficient (Wildman–Crippen LogP) is 4.92. The van der Waals surface area contributed by atoms with Crippen molar-refractivity contribution in [3.05, 3.63) is 47.2 Å². The predicted molar refractivity (Wildman–Crippen MR) is 78.9 cm³/mol. The number of nitrogens with zero attached hydrogens (tertiary/aromatic N) is 2. The standard InChI is InChI=1S/C18H15F3N2/c19-18(20,21)13-4-2-1-3-10(13)15-9-11-12-5-6-14(16(11)23-22-15)17(12)7-8-17/h1-4,9,12,14H,5-8H2/t12-,14+/m1/s1. The Balaban J connectivity index is 1.65. The lowest BCUT2D eigenvalue weighted by atomic mass is 9.91. The zero-order valence-corrected chi connectivity index (χ0v) is 12.4. The summed E-state index contributed by atoms with van der Waals surface area (Å²) in [5, 5.41) is 8.52. The highest BCUT2D eigenvalue weighted by Crippen LogP contribution is 2.75. The summed E-state index contributed by atoms with van der Waals surface area (Å²) in [4.78, 5) is 0. The molecule has 3 aliphatic rings. The van der Waals surface area contributed by atoms with Crippen LogP contribution in [0, 0.1) is 5.41 Å². The molecule has 1 heterocycles. The van der Waals surface area contributed by atoms with E-state index >= 15 is 0 Å². The van der Waals surface area contributed by atoms with Crippen molar-refractivity contribution in [2.75, 3.05) is 0 Å². The molecule has 2 aromatic rings. The van der Waals surface area contributed by atoms with Crippen LogP contribution in [-0.4, -0.2) is 10.2 Å². The quantitative estimate of drug-likeness (QED) is 0.746. The van der Waals surface area contributed by atoms with Crippen molar-refractivity contribution in [2.45, 2.75) is 43.7 Å². The molecule has 2 atom stereocenters. The van der Waals surface area contributed by atoms with Gasteiger partial charge < -0.3 is 0 Å². The van der Waals surface area contributed by atoms with Crippen LogP contribution in [0.2, 0.25) is 0 Å². The Kier molecular flexibility index (Phi) is 2.43. The lowest BCUT2D eigenvalue weighted by Crippen LogP contribution is -2.09. The average molecular weight is 316 g/mol. The molecular weight excluding hydrogens is 301 g/mol. The van der Waals surface area contributed by atoms with Crippen molar-refractivity contribution >= 4 is 0 Å². The van der Waals surface area contributed by atoms with Gasteiger partial charge in [0.05, 0.1) is 17.0 Å². The fourth-order valence-electron chi connectivity index (χ4n) is 4.92. The van der Waals surface area contributed by atoms with Crippen molar-refractivity contribution in [1.29, 1.82) is 0 Å². The summed E-state index contributed by atoms with van der Waals surface area (Å²) in [5.41, 5.74) is 2.41. The molecule has 2 fully saturated rings. The number of rotatable bonds is 1. The van der Waals surface area contributed by atoms with Crippen molar-refractivity contribution in [3.8, 4) is 11.3 Å². The first kappa shape index (κ1) is 13.5. The fraction of sp³-hybridized carbons (Fsp3) is 0.444. The summed E-state index contributed by atoms with van der Waals surface area (Å²) >= 11 is 0. The first-order valence-electron chi connectivity index (χ1n) is 8.05. The van der Waals surface area contributed by atoms with E-state index in [1.807, 2.05) is 6.07 Å². The van der Waals surface area contributed by atoms with E-state index < -0.39 is 11.7 Å². The third-order valence-corrected chi connectivity index (χ3v) is 6.03. The van der Waals surface area contributed by atoms with E-state index in [1.54, 1.807) is 6.07 Å². The molecule has 2 bridgehead atoms. The van der Waals surface area contributed by atoms with E-state index in [2.05, 4.69) is 10.2 Å². The fourth-order valence-corrected chi connectivity index (χ4v) is 4.92. The highest BCUT2D eigenvalue weighted by molar-refractivity contribution is 5.66. The smallest absolute Gasteiger partial charge is 0.166 e. The molecule has 5 heteroatoms. The van der Waals surface area contributed by atoms with Gasteiger partial charge in [-0.15, -0.1) is 0 Å². The first-order chi connectivity index (χ1) is 11.0. The molecule has 0 saturated heterocycles. The molecule has 118 valence electrons. The molecular formula is C18H15F3N2. The van der Waals surface area contributed by atoms with E-state index in [0.717, 1.165) is 30.2 Å². The molecule has 1 aromatic heterocycles. The van der Waals surface area contributed by atoms with Gasteiger partial charge >= 0.3 is 6.18 Å². The summed E-state index contributed by atoms with van der Waals surface area (Å²) in [5.74, 6) is 0.969. The van der Waals surface area contributed by atoms with Crippen molar-refractivity contribution in [1.82, 2.24) is 10.2 Å². The van der Waals surface area contributed by atoms with Gasteiger partial charge in [-0.1, -0.05) is 18.2 Å². The normalized spacial score (nSPS) is 26.6. The van der Waals surface area contributed by atoms with Crippen LogP contribution in [0.1, 0.15) is 54.3 Å². The summed E-state index contributed by atoms with van der Waals surface area (Å²) in [6.07, 6.45) is 0.378. The van der Waals surface area contributed by atoms with E-state index in [0.29, 0.717) is 22.9 Å². The van der Waals surface area contributed by atoms with Crippen LogP contribution < -0.4 is 0 Å². The summed E-state index contributed by atoms with van der Waals surface area (Å²) in [7, 11) is 0. The zero-order chi connectivity index (χ0) is 15.8. The Labute approximate surface area is 131 Å². The topological polar surface area (TPSA) is 25.8 Å². The molecule has 3 aliphatic carbocycles. The van der Waals surface area contributed by atoms with Gasteiger partial charge in [0.25, 0.3) is 0 Å². The van der Waals surface area contributed by atoms with Gasteiger partial charge in [0, 0.05) is 11.5 Å². The largest absolute Gasteiger partial charge is 0.417 e. The van der Waals surface area contributed by atoms with Crippen LogP contribution in [0.4, 0.5) is 13.2 Å². The van der Waals surface area contributed by atoms with Gasteiger partial charge in [-0.05, 0) is 54.7 Å². The number of hydrogen-bond donors (Lipinski definition) is 0. The maximum atomic E-state index is 13.2. The molecule has 0 radical (unpaired) electrons. The van der Waals surface area contributed by atoms with Gasteiger partial charge in [-0.25, -0.2) is 0 Å². The summed E-state index contributed by atoms with van der Waals surface area (Å²) in [6, 6.07) is 7.50. The van der Waals surface area contributed by atoms with E-state index in [9.17, 15) is 13.2 Å². The second-order valence-electron chi connectivity index (χ2n) is 7.03. The highest BCUT2D eigenvalue weighted by Gasteiger charge is 2.64. The minimum absolute atomic E-state index is 0.128. The van der Waals surface area contributed by atoms with Gasteiger partial charge in [0.15, 0.2) is 0 Å². The molecule has 5 rings (SSSR count). The van der Waals surface area contributed by atoms with Crippen molar-refractivity contribution < 1.29 is 13.2 Å². The number of aromatic nitrogens is 2. The van der Waals surface area contributed by atoms with Crippen LogP contribution in [0.3, 0.4) is 0 Å². The van der Waals surface area contributed by atoms with Gasteiger partial charge in [0.2, 0.25) is 0 Å². The Hall–Kier alpha value is -1.91. The summed E-state index contributed by atoms with van der Waals surface area (Å²) < 4.78 is 39.7. The number of halogens is 3. The number of benzene rings is 1.